The summed E-state index contributed by atoms with van der Waals surface area (Å²) in [5.74, 6) is 0.390. The molecule has 1 aliphatic heterocycles. The number of furan rings is 1. The summed E-state index contributed by atoms with van der Waals surface area (Å²) in [5, 5.41) is 11.2. The van der Waals surface area contributed by atoms with Crippen molar-refractivity contribution in [3.8, 4) is 0 Å². The summed E-state index contributed by atoms with van der Waals surface area (Å²) < 4.78 is 10.2. The molecule has 130 valence electrons. The van der Waals surface area contributed by atoms with Crippen molar-refractivity contribution in [2.45, 2.75) is 19.0 Å². The number of ether oxygens (including phenoxy) is 1. The number of carbonyl (C=O) groups is 1. The van der Waals surface area contributed by atoms with Crippen LogP contribution in [0.25, 0.3) is 10.9 Å². The Morgan fingerprint density at radius 3 is 3.00 bits per heavy atom. The molecule has 0 unspecified atom stereocenters. The third-order valence-electron chi connectivity index (χ3n) is 4.85. The zero-order chi connectivity index (χ0) is 17.4. The molecule has 25 heavy (non-hydrogen) atoms. The van der Waals surface area contributed by atoms with Crippen molar-refractivity contribution in [2.24, 2.45) is 0 Å². The van der Waals surface area contributed by atoms with Gasteiger partial charge in [-0.05, 0) is 30.2 Å². The molecule has 6 heteroatoms. The van der Waals surface area contributed by atoms with Gasteiger partial charge in [-0.3, -0.25) is 4.90 Å². The summed E-state index contributed by atoms with van der Waals surface area (Å²) in [6.07, 6.45) is 0.903. The van der Waals surface area contributed by atoms with E-state index in [1.54, 1.807) is 12.1 Å². The van der Waals surface area contributed by atoms with Crippen LogP contribution in [0.2, 0.25) is 0 Å². The van der Waals surface area contributed by atoms with Gasteiger partial charge in [0.2, 0.25) is 5.76 Å². The number of nitrogens with zero attached hydrogens (tertiary/aromatic N) is 1. The lowest BCUT2D eigenvalue weighted by Crippen LogP contribution is -2.36. The van der Waals surface area contributed by atoms with Gasteiger partial charge in [0.1, 0.15) is 5.76 Å². The highest BCUT2D eigenvalue weighted by atomic mass is 16.5. The molecule has 3 heterocycles. The maximum Gasteiger partial charge on any atom is 0.373 e. The van der Waals surface area contributed by atoms with Gasteiger partial charge in [-0.1, -0.05) is 18.2 Å². The number of hydrogen-bond acceptors (Lipinski definition) is 5. The maximum atomic E-state index is 11.5. The number of rotatable bonds is 4. The molecule has 1 aliphatic rings. The number of aromatic nitrogens is 1. The monoisotopic (exact) mass is 340 g/mol. The van der Waals surface area contributed by atoms with Crippen LogP contribution in [-0.4, -0.2) is 41.2 Å². The van der Waals surface area contributed by atoms with Gasteiger partial charge in [-0.2, -0.15) is 0 Å². The Morgan fingerprint density at radius 1 is 1.36 bits per heavy atom. The summed E-state index contributed by atoms with van der Waals surface area (Å²) in [7, 11) is 1.33. The van der Waals surface area contributed by atoms with E-state index in [2.05, 4.69) is 26.8 Å². The number of hydrogen-bond donors (Lipinski definition) is 2. The highest BCUT2D eigenvalue weighted by Crippen LogP contribution is 2.35. The molecule has 0 saturated heterocycles. The molecule has 1 aromatic carbocycles. The van der Waals surface area contributed by atoms with Crippen LogP contribution in [-0.2, 0) is 17.7 Å². The first-order chi connectivity index (χ1) is 12.2. The topological polar surface area (TPSA) is 78.7 Å². The van der Waals surface area contributed by atoms with Gasteiger partial charge in [-0.15, -0.1) is 0 Å². The number of para-hydroxylation sites is 1. The molecule has 2 N–H and O–H groups in total. The highest BCUT2D eigenvalue weighted by molar-refractivity contribution is 5.86. The quantitative estimate of drug-likeness (QED) is 0.714. The molecule has 2 aromatic heterocycles. The van der Waals surface area contributed by atoms with E-state index >= 15 is 0 Å². The van der Waals surface area contributed by atoms with Crippen LogP contribution in [0.15, 0.2) is 40.8 Å². The van der Waals surface area contributed by atoms with Crippen molar-refractivity contribution in [3.63, 3.8) is 0 Å². The fraction of sp³-hybridized carbons (Fsp3) is 0.316. The Labute approximate surface area is 145 Å². The van der Waals surface area contributed by atoms with Crippen LogP contribution in [0.4, 0.5) is 0 Å². The molecule has 0 radical (unpaired) electrons. The van der Waals surface area contributed by atoms with Gasteiger partial charge >= 0.3 is 5.97 Å². The minimum absolute atomic E-state index is 0.0182. The number of benzene rings is 1. The zero-order valence-electron chi connectivity index (χ0n) is 14.0. The summed E-state index contributed by atoms with van der Waals surface area (Å²) in [6, 6.07) is 11.5. The average molecular weight is 340 g/mol. The lowest BCUT2D eigenvalue weighted by atomic mass is 9.97. The smallest absolute Gasteiger partial charge is 0.373 e. The second kappa shape index (κ2) is 6.38. The third-order valence-corrected chi connectivity index (χ3v) is 4.85. The average Bonchev–Trinajstić information content (AvgIpc) is 3.25. The van der Waals surface area contributed by atoms with Crippen molar-refractivity contribution >= 4 is 16.9 Å². The summed E-state index contributed by atoms with van der Waals surface area (Å²) in [6.45, 7) is 1.36. The van der Waals surface area contributed by atoms with Crippen LogP contribution in [0, 0.1) is 0 Å². The number of H-pyrrole nitrogens is 1. The number of esters is 1. The van der Waals surface area contributed by atoms with Crippen LogP contribution >= 0.6 is 0 Å². The van der Waals surface area contributed by atoms with Crippen LogP contribution in [0.5, 0.6) is 0 Å². The fourth-order valence-corrected chi connectivity index (χ4v) is 3.64. The van der Waals surface area contributed by atoms with Gasteiger partial charge in [-0.25, -0.2) is 4.79 Å². The van der Waals surface area contributed by atoms with E-state index in [9.17, 15) is 9.90 Å². The van der Waals surface area contributed by atoms with E-state index in [-0.39, 0.29) is 18.4 Å². The normalized spacial score (nSPS) is 17.6. The molecule has 0 spiro atoms. The Kier molecular flexibility index (Phi) is 4.07. The number of fused-ring (bicyclic) bond motifs is 3. The first-order valence-electron chi connectivity index (χ1n) is 8.32. The van der Waals surface area contributed by atoms with Crippen LogP contribution < -0.4 is 0 Å². The van der Waals surface area contributed by atoms with Crippen molar-refractivity contribution in [1.82, 2.24) is 9.88 Å². The number of aromatic amines is 1. The van der Waals surface area contributed by atoms with Crippen molar-refractivity contribution in [2.75, 3.05) is 20.3 Å². The van der Waals surface area contributed by atoms with Gasteiger partial charge < -0.3 is 19.2 Å². The standard InChI is InChI=1S/C19H20N2O4/c1-24-19(23)17-7-6-12(25-17)10-21-9-8-14-13-4-2-3-5-15(13)20-18(14)16(21)11-22/h2-7,16,20,22H,8-11H2,1H3/t16-/m1/s1. The second-order valence-corrected chi connectivity index (χ2v) is 6.24. The lowest BCUT2D eigenvalue weighted by Gasteiger charge is -2.34. The summed E-state index contributed by atoms with van der Waals surface area (Å²) >= 11 is 0. The van der Waals surface area contributed by atoms with Crippen LogP contribution in [0.3, 0.4) is 0 Å². The molecule has 6 nitrogen and oxygen atoms in total. The van der Waals surface area contributed by atoms with E-state index < -0.39 is 5.97 Å². The Morgan fingerprint density at radius 2 is 2.20 bits per heavy atom. The van der Waals surface area contributed by atoms with Gasteiger partial charge in [0.15, 0.2) is 0 Å². The van der Waals surface area contributed by atoms with Gasteiger partial charge in [0.25, 0.3) is 0 Å². The van der Waals surface area contributed by atoms with E-state index in [1.165, 1.54) is 18.1 Å². The molecule has 0 aliphatic carbocycles. The largest absolute Gasteiger partial charge is 0.463 e. The number of carbonyl (C=O) groups excluding carboxylic acids is 1. The Bertz CT molecular complexity index is 911. The predicted molar refractivity (Wildman–Crippen MR) is 92.3 cm³/mol. The van der Waals surface area contributed by atoms with Crippen LogP contribution in [0.1, 0.15) is 33.6 Å². The van der Waals surface area contributed by atoms with E-state index in [0.717, 1.165) is 24.2 Å². The van der Waals surface area contributed by atoms with E-state index in [0.29, 0.717) is 12.3 Å². The molecule has 0 bridgehead atoms. The van der Waals surface area contributed by atoms with Gasteiger partial charge in [0.05, 0.1) is 26.3 Å². The molecule has 4 rings (SSSR count). The maximum absolute atomic E-state index is 11.5. The number of aliphatic hydroxyl groups is 1. The number of aliphatic hydroxyl groups excluding tert-OH is 1. The number of methoxy groups -OCH3 is 1. The first kappa shape index (κ1) is 15.9. The highest BCUT2D eigenvalue weighted by Gasteiger charge is 2.30. The third kappa shape index (κ3) is 2.73. The molecule has 0 saturated carbocycles. The zero-order valence-corrected chi connectivity index (χ0v) is 14.0. The Hall–Kier alpha value is -2.57. The predicted octanol–water partition coefficient (Wildman–Crippen LogP) is 2.64. The van der Waals surface area contributed by atoms with Crippen molar-refractivity contribution in [3.05, 3.63) is 59.2 Å². The van der Waals surface area contributed by atoms with Crippen molar-refractivity contribution in [1.29, 1.82) is 0 Å². The first-order valence-corrected chi connectivity index (χ1v) is 8.32. The number of nitrogens with one attached hydrogen (secondary N) is 1. The molecular formula is C19H20N2O4. The molecule has 1 atom stereocenters. The van der Waals surface area contributed by atoms with Gasteiger partial charge in [0, 0.05) is 23.1 Å². The van der Waals surface area contributed by atoms with E-state index in [4.69, 9.17) is 4.42 Å². The molecule has 0 amide bonds. The van der Waals surface area contributed by atoms with E-state index in [1.807, 2.05) is 12.1 Å². The minimum Gasteiger partial charge on any atom is -0.463 e. The minimum atomic E-state index is -0.485. The van der Waals surface area contributed by atoms with Crippen molar-refractivity contribution < 1.29 is 19.1 Å². The second-order valence-electron chi connectivity index (χ2n) is 6.24. The molecule has 3 aromatic rings. The summed E-state index contributed by atoms with van der Waals surface area (Å²) in [4.78, 5) is 17.2. The Balaban J connectivity index is 1.61. The molecule has 0 fully saturated rings. The molecular weight excluding hydrogens is 320 g/mol. The fourth-order valence-electron chi connectivity index (χ4n) is 3.64. The lowest BCUT2D eigenvalue weighted by molar-refractivity contribution is 0.0556. The summed E-state index contributed by atoms with van der Waals surface area (Å²) in [5.41, 5.74) is 3.44. The SMILES string of the molecule is COC(=O)c1ccc(CN2CCc3c([nH]c4ccccc34)[C@H]2CO)o1.